The van der Waals surface area contributed by atoms with Gasteiger partial charge in [-0.1, -0.05) is 24.6 Å². The van der Waals surface area contributed by atoms with Crippen molar-refractivity contribution in [3.63, 3.8) is 0 Å². The van der Waals surface area contributed by atoms with E-state index in [-0.39, 0.29) is 23.3 Å². The Balaban J connectivity index is 0.00000220. The maximum atomic E-state index is 12.8. The van der Waals surface area contributed by atoms with Gasteiger partial charge in [0.15, 0.2) is 0 Å². The van der Waals surface area contributed by atoms with E-state index < -0.39 is 10.0 Å². The van der Waals surface area contributed by atoms with E-state index >= 15 is 0 Å². The van der Waals surface area contributed by atoms with Crippen molar-refractivity contribution in [2.45, 2.75) is 37.6 Å². The van der Waals surface area contributed by atoms with Crippen LogP contribution in [0.4, 0.5) is 0 Å². The summed E-state index contributed by atoms with van der Waals surface area (Å²) < 4.78 is 27.2. The van der Waals surface area contributed by atoms with Crippen LogP contribution in [0.3, 0.4) is 0 Å². The van der Waals surface area contributed by atoms with Crippen molar-refractivity contribution in [3.8, 4) is 0 Å². The lowest BCUT2D eigenvalue weighted by atomic mass is 9.94. The molecule has 0 spiro atoms. The van der Waals surface area contributed by atoms with Crippen LogP contribution in [0.2, 0.25) is 5.02 Å². The van der Waals surface area contributed by atoms with Crippen molar-refractivity contribution in [1.82, 2.24) is 4.31 Å². The third kappa shape index (κ3) is 3.71. The molecule has 1 fully saturated rings. The van der Waals surface area contributed by atoms with Gasteiger partial charge >= 0.3 is 0 Å². The maximum Gasteiger partial charge on any atom is 0.243 e. The van der Waals surface area contributed by atoms with Crippen LogP contribution in [0.25, 0.3) is 0 Å². The summed E-state index contributed by atoms with van der Waals surface area (Å²) in [5.41, 5.74) is 6.37. The number of sulfonamides is 1. The first-order valence-corrected chi connectivity index (χ1v) is 8.66. The summed E-state index contributed by atoms with van der Waals surface area (Å²) in [6, 6.07) is 4.87. The van der Waals surface area contributed by atoms with Crippen LogP contribution in [0.5, 0.6) is 0 Å². The molecule has 1 aromatic carbocycles. The number of nitrogens with zero attached hydrogens (tertiary/aromatic N) is 1. The molecule has 4 nitrogen and oxygen atoms in total. The Bertz CT molecular complexity index is 593. The zero-order chi connectivity index (χ0) is 14.9. The van der Waals surface area contributed by atoms with Gasteiger partial charge in [0.25, 0.3) is 0 Å². The van der Waals surface area contributed by atoms with Crippen LogP contribution in [-0.4, -0.2) is 31.9 Å². The number of rotatable bonds is 3. The first kappa shape index (κ1) is 18.7. The van der Waals surface area contributed by atoms with Crippen molar-refractivity contribution in [1.29, 1.82) is 0 Å². The van der Waals surface area contributed by atoms with Crippen LogP contribution >= 0.6 is 24.0 Å². The van der Waals surface area contributed by atoms with E-state index in [0.29, 0.717) is 29.6 Å². The van der Waals surface area contributed by atoms with Gasteiger partial charge < -0.3 is 5.73 Å². The van der Waals surface area contributed by atoms with Crippen LogP contribution in [-0.2, 0) is 10.0 Å². The summed E-state index contributed by atoms with van der Waals surface area (Å²) in [5, 5.41) is 0.473. The molecule has 0 saturated carbocycles. The molecule has 0 aromatic heterocycles. The second kappa shape index (κ2) is 7.29. The Morgan fingerprint density at radius 2 is 2.10 bits per heavy atom. The van der Waals surface area contributed by atoms with Gasteiger partial charge in [0.2, 0.25) is 10.0 Å². The lowest BCUT2D eigenvalue weighted by molar-refractivity contribution is 0.211. The molecule has 0 aliphatic carbocycles. The largest absolute Gasteiger partial charge is 0.329 e. The maximum absolute atomic E-state index is 12.8. The van der Waals surface area contributed by atoms with Crippen LogP contribution in [0, 0.1) is 12.8 Å². The Morgan fingerprint density at radius 3 is 2.71 bits per heavy atom. The fourth-order valence-corrected chi connectivity index (χ4v) is 4.89. The van der Waals surface area contributed by atoms with Gasteiger partial charge in [0, 0.05) is 24.2 Å². The molecule has 1 aliphatic rings. The van der Waals surface area contributed by atoms with E-state index in [9.17, 15) is 8.42 Å². The molecule has 0 bridgehead atoms. The van der Waals surface area contributed by atoms with Gasteiger partial charge in [-0.3, -0.25) is 0 Å². The molecule has 2 N–H and O–H groups in total. The highest BCUT2D eigenvalue weighted by molar-refractivity contribution is 7.89. The molecule has 7 heteroatoms. The summed E-state index contributed by atoms with van der Waals surface area (Å²) in [6.07, 6.45) is 1.69. The highest BCUT2D eigenvalue weighted by atomic mass is 35.5. The summed E-state index contributed by atoms with van der Waals surface area (Å²) >= 11 is 6.04. The van der Waals surface area contributed by atoms with Gasteiger partial charge in [0.1, 0.15) is 0 Å². The molecular formula is C14H22Cl2N2O2S. The van der Waals surface area contributed by atoms with E-state index in [1.807, 2.05) is 0 Å². The lowest BCUT2D eigenvalue weighted by Gasteiger charge is -2.37. The average molecular weight is 353 g/mol. The molecule has 1 saturated heterocycles. The summed E-state index contributed by atoms with van der Waals surface area (Å²) in [6.45, 7) is 4.75. The number of nitrogens with two attached hydrogens (primary N) is 1. The second-order valence-corrected chi connectivity index (χ2v) is 7.76. The monoisotopic (exact) mass is 352 g/mol. The molecule has 2 unspecified atom stereocenters. The van der Waals surface area contributed by atoms with E-state index in [1.165, 1.54) is 0 Å². The number of hydrogen-bond donors (Lipinski definition) is 1. The highest BCUT2D eigenvalue weighted by Gasteiger charge is 2.35. The van der Waals surface area contributed by atoms with E-state index in [2.05, 4.69) is 6.92 Å². The molecule has 1 aliphatic heterocycles. The summed E-state index contributed by atoms with van der Waals surface area (Å²) in [4.78, 5) is 0.290. The standard InChI is InChI=1S/C14H21ClN2O2S.ClH/c1-10-6-7-17(12(8-10)9-16)20(18,19)14-5-3-4-13(15)11(14)2;/h3-5,10,12H,6-9,16H2,1-2H3;1H. The van der Waals surface area contributed by atoms with Gasteiger partial charge in [-0.05, 0) is 43.4 Å². The van der Waals surface area contributed by atoms with Gasteiger partial charge in [0.05, 0.1) is 4.90 Å². The molecule has 0 amide bonds. The first-order chi connectivity index (χ1) is 9.37. The van der Waals surface area contributed by atoms with Crippen molar-refractivity contribution < 1.29 is 8.42 Å². The quantitative estimate of drug-likeness (QED) is 0.909. The molecule has 2 rings (SSSR count). The SMILES string of the molecule is Cc1c(Cl)cccc1S(=O)(=O)N1CCC(C)CC1CN.Cl. The smallest absolute Gasteiger partial charge is 0.243 e. The Kier molecular flexibility index (Phi) is 6.50. The molecule has 21 heavy (non-hydrogen) atoms. The van der Waals surface area contributed by atoms with Crippen LogP contribution in [0.1, 0.15) is 25.3 Å². The number of hydrogen-bond acceptors (Lipinski definition) is 3. The van der Waals surface area contributed by atoms with Crippen LogP contribution < -0.4 is 5.73 Å². The third-order valence-electron chi connectivity index (χ3n) is 4.00. The topological polar surface area (TPSA) is 63.4 Å². The minimum atomic E-state index is -3.53. The fourth-order valence-electron chi connectivity index (χ4n) is 2.75. The van der Waals surface area contributed by atoms with Gasteiger partial charge in [-0.25, -0.2) is 8.42 Å². The molecule has 1 heterocycles. The Labute approximate surface area is 138 Å². The van der Waals surface area contributed by atoms with E-state index in [1.54, 1.807) is 29.4 Å². The Hall–Kier alpha value is -0.330. The second-order valence-electron chi connectivity index (χ2n) is 5.50. The van der Waals surface area contributed by atoms with E-state index in [0.717, 1.165) is 12.8 Å². The van der Waals surface area contributed by atoms with Crippen LogP contribution in [0.15, 0.2) is 23.1 Å². The molecule has 0 radical (unpaired) electrons. The summed E-state index contributed by atoms with van der Waals surface area (Å²) in [5.74, 6) is 0.510. The number of halogens is 2. The summed E-state index contributed by atoms with van der Waals surface area (Å²) in [7, 11) is -3.53. The first-order valence-electron chi connectivity index (χ1n) is 6.85. The van der Waals surface area contributed by atoms with Crippen molar-refractivity contribution >= 4 is 34.0 Å². The fraction of sp³-hybridized carbons (Fsp3) is 0.571. The minimum absolute atomic E-state index is 0. The molecular weight excluding hydrogens is 331 g/mol. The van der Waals surface area contributed by atoms with Gasteiger partial charge in [-0.2, -0.15) is 4.31 Å². The molecule has 2 atom stereocenters. The predicted octanol–water partition coefficient (Wildman–Crippen LogP) is 2.82. The minimum Gasteiger partial charge on any atom is -0.329 e. The average Bonchev–Trinajstić information content (AvgIpc) is 2.41. The van der Waals surface area contributed by atoms with Crippen molar-refractivity contribution in [2.75, 3.05) is 13.1 Å². The van der Waals surface area contributed by atoms with Crippen molar-refractivity contribution in [2.24, 2.45) is 11.7 Å². The molecule has 1 aromatic rings. The zero-order valence-electron chi connectivity index (χ0n) is 12.3. The molecule has 120 valence electrons. The number of benzene rings is 1. The zero-order valence-corrected chi connectivity index (χ0v) is 14.6. The Morgan fingerprint density at radius 1 is 1.43 bits per heavy atom. The normalized spacial score (nSPS) is 23.6. The van der Waals surface area contributed by atoms with Crippen molar-refractivity contribution in [3.05, 3.63) is 28.8 Å². The van der Waals surface area contributed by atoms with Gasteiger partial charge in [-0.15, -0.1) is 12.4 Å². The predicted molar refractivity (Wildman–Crippen MR) is 88.6 cm³/mol. The number of piperidine rings is 1. The highest BCUT2D eigenvalue weighted by Crippen LogP contribution is 2.31. The lowest BCUT2D eigenvalue weighted by Crippen LogP contribution is -2.49. The van der Waals surface area contributed by atoms with E-state index in [4.69, 9.17) is 17.3 Å². The third-order valence-corrected chi connectivity index (χ3v) is 6.51.